The van der Waals surface area contributed by atoms with Gasteiger partial charge in [-0.15, -0.1) is 0 Å². The molecule has 0 saturated carbocycles. The van der Waals surface area contributed by atoms with Crippen LogP contribution in [0, 0.1) is 5.82 Å². The number of anilines is 1. The van der Waals surface area contributed by atoms with Crippen LogP contribution in [0.25, 0.3) is 0 Å². The molecule has 0 spiro atoms. The molecule has 0 unspecified atom stereocenters. The zero-order chi connectivity index (χ0) is 15.7. The Labute approximate surface area is 125 Å². The van der Waals surface area contributed by atoms with Crippen LogP contribution in [0.2, 0.25) is 0 Å². The Morgan fingerprint density at radius 1 is 1.29 bits per heavy atom. The van der Waals surface area contributed by atoms with Gasteiger partial charge in [-0.2, -0.15) is 0 Å². The van der Waals surface area contributed by atoms with Crippen LogP contribution in [0.5, 0.6) is 5.75 Å². The Morgan fingerprint density at radius 2 is 2.00 bits per heavy atom. The fourth-order valence-corrected chi connectivity index (χ4v) is 1.91. The third-order valence-electron chi connectivity index (χ3n) is 3.10. The summed E-state index contributed by atoms with van der Waals surface area (Å²) in [6.45, 7) is 9.62. The van der Waals surface area contributed by atoms with Gasteiger partial charge < -0.3 is 20.3 Å². The van der Waals surface area contributed by atoms with Crippen LogP contribution in [0.3, 0.4) is 0 Å². The van der Waals surface area contributed by atoms with Crippen molar-refractivity contribution in [1.29, 1.82) is 0 Å². The zero-order valence-corrected chi connectivity index (χ0v) is 12.9. The number of amides is 2. The van der Waals surface area contributed by atoms with E-state index >= 15 is 0 Å². The highest BCUT2D eigenvalue weighted by molar-refractivity contribution is 5.90. The van der Waals surface area contributed by atoms with E-state index in [-0.39, 0.29) is 6.03 Å². The average Bonchev–Trinajstić information content (AvgIpc) is 2.47. The number of nitrogens with zero attached hydrogens (tertiary/aromatic N) is 1. The maximum atomic E-state index is 13.2. The molecule has 0 aliphatic heterocycles. The number of carbonyl (C=O) groups is 1. The second kappa shape index (κ2) is 9.18. The number of carbonyl (C=O) groups excluding carboxylic acids is 1. The summed E-state index contributed by atoms with van der Waals surface area (Å²) in [5.41, 5.74) is 0.457. The molecule has 118 valence electrons. The molecule has 1 aromatic carbocycles. The Kier molecular flexibility index (Phi) is 7.53. The fourth-order valence-electron chi connectivity index (χ4n) is 1.91. The lowest BCUT2D eigenvalue weighted by Crippen LogP contribution is -2.36. The Bertz CT molecular complexity index is 451. The molecular formula is C15H24FN3O2. The van der Waals surface area contributed by atoms with Gasteiger partial charge in [0.2, 0.25) is 0 Å². The van der Waals surface area contributed by atoms with Gasteiger partial charge in [-0.25, -0.2) is 9.18 Å². The van der Waals surface area contributed by atoms with E-state index in [9.17, 15) is 9.18 Å². The number of hydrogen-bond acceptors (Lipinski definition) is 3. The topological polar surface area (TPSA) is 53.6 Å². The smallest absolute Gasteiger partial charge is 0.319 e. The molecule has 21 heavy (non-hydrogen) atoms. The number of urea groups is 1. The van der Waals surface area contributed by atoms with Crippen LogP contribution in [0.1, 0.15) is 20.8 Å². The second-order valence-corrected chi connectivity index (χ2v) is 4.48. The molecule has 0 aromatic heterocycles. The number of ether oxygens (including phenoxy) is 1. The number of nitrogens with one attached hydrogen (secondary N) is 2. The predicted octanol–water partition coefficient (Wildman–Crippen LogP) is 2.69. The van der Waals surface area contributed by atoms with Gasteiger partial charge in [0.25, 0.3) is 0 Å². The lowest BCUT2D eigenvalue weighted by atomic mass is 10.3. The molecule has 2 N–H and O–H groups in total. The molecule has 0 radical (unpaired) electrons. The summed E-state index contributed by atoms with van der Waals surface area (Å²) in [6.07, 6.45) is 0. The highest BCUT2D eigenvalue weighted by Crippen LogP contribution is 2.25. The molecule has 1 rings (SSSR count). The number of hydrogen-bond donors (Lipinski definition) is 2. The van der Waals surface area contributed by atoms with Gasteiger partial charge in [-0.3, -0.25) is 0 Å². The van der Waals surface area contributed by atoms with Crippen LogP contribution in [-0.4, -0.2) is 43.7 Å². The van der Waals surface area contributed by atoms with E-state index in [0.29, 0.717) is 24.6 Å². The summed E-state index contributed by atoms with van der Waals surface area (Å²) in [4.78, 5) is 14.0. The Balaban J connectivity index is 2.51. The van der Waals surface area contributed by atoms with Gasteiger partial charge in [-0.1, -0.05) is 13.8 Å². The molecule has 0 aliphatic rings. The molecule has 0 atom stereocenters. The second-order valence-electron chi connectivity index (χ2n) is 4.48. The van der Waals surface area contributed by atoms with Crippen molar-refractivity contribution in [2.75, 3.05) is 38.1 Å². The molecule has 5 nitrogen and oxygen atoms in total. The van der Waals surface area contributed by atoms with Crippen LogP contribution in [0.4, 0.5) is 14.9 Å². The molecule has 1 aromatic rings. The van der Waals surface area contributed by atoms with Gasteiger partial charge in [0.05, 0.1) is 12.3 Å². The fraction of sp³-hybridized carbons (Fsp3) is 0.533. The summed E-state index contributed by atoms with van der Waals surface area (Å²) in [5, 5.41) is 5.45. The zero-order valence-electron chi connectivity index (χ0n) is 12.9. The lowest BCUT2D eigenvalue weighted by molar-refractivity contribution is 0.247. The average molecular weight is 297 g/mol. The first-order valence-corrected chi connectivity index (χ1v) is 7.30. The standard InChI is InChI=1S/C15H24FN3O2/c1-4-19(5-2)10-9-17-15(20)18-13-8-7-12(16)11-14(13)21-6-3/h7-8,11H,4-6,9-10H2,1-3H3,(H2,17,18,20). The highest BCUT2D eigenvalue weighted by Gasteiger charge is 2.09. The first-order valence-electron chi connectivity index (χ1n) is 7.30. The van der Waals surface area contributed by atoms with Crippen LogP contribution >= 0.6 is 0 Å². The minimum atomic E-state index is -0.397. The van der Waals surface area contributed by atoms with E-state index in [1.807, 2.05) is 0 Å². The largest absolute Gasteiger partial charge is 0.492 e. The maximum absolute atomic E-state index is 13.2. The quantitative estimate of drug-likeness (QED) is 0.775. The van der Waals surface area contributed by atoms with Gasteiger partial charge in [0, 0.05) is 19.2 Å². The van der Waals surface area contributed by atoms with Gasteiger partial charge in [-0.05, 0) is 32.1 Å². The van der Waals surface area contributed by atoms with Crippen molar-refractivity contribution in [3.05, 3.63) is 24.0 Å². The minimum absolute atomic E-state index is 0.324. The van der Waals surface area contributed by atoms with Gasteiger partial charge in [0.15, 0.2) is 0 Å². The SMILES string of the molecule is CCOc1cc(F)ccc1NC(=O)NCCN(CC)CC. The predicted molar refractivity (Wildman–Crippen MR) is 82.4 cm³/mol. The molecule has 0 fully saturated rings. The van der Waals surface area contributed by atoms with Crippen molar-refractivity contribution in [3.63, 3.8) is 0 Å². The third-order valence-corrected chi connectivity index (χ3v) is 3.10. The van der Waals surface area contributed by atoms with E-state index in [0.717, 1.165) is 19.6 Å². The number of benzene rings is 1. The van der Waals surface area contributed by atoms with Crippen LogP contribution < -0.4 is 15.4 Å². The number of rotatable bonds is 8. The minimum Gasteiger partial charge on any atom is -0.492 e. The van der Waals surface area contributed by atoms with Crippen molar-refractivity contribution in [2.45, 2.75) is 20.8 Å². The molecule has 0 heterocycles. The summed E-state index contributed by atoms with van der Waals surface area (Å²) < 4.78 is 18.5. The Morgan fingerprint density at radius 3 is 2.62 bits per heavy atom. The number of likely N-dealkylation sites (N-methyl/N-ethyl adjacent to an activating group) is 1. The van der Waals surface area contributed by atoms with Crippen molar-refractivity contribution in [2.24, 2.45) is 0 Å². The van der Waals surface area contributed by atoms with Gasteiger partial charge >= 0.3 is 6.03 Å². The first-order chi connectivity index (χ1) is 10.1. The van der Waals surface area contributed by atoms with Crippen LogP contribution in [-0.2, 0) is 0 Å². The van der Waals surface area contributed by atoms with E-state index in [4.69, 9.17) is 4.74 Å². The summed E-state index contributed by atoms with van der Waals surface area (Å²) in [7, 11) is 0. The van der Waals surface area contributed by atoms with Crippen molar-refractivity contribution >= 4 is 11.7 Å². The lowest BCUT2D eigenvalue weighted by Gasteiger charge is -2.18. The highest BCUT2D eigenvalue weighted by atomic mass is 19.1. The monoisotopic (exact) mass is 297 g/mol. The molecule has 0 bridgehead atoms. The summed E-state index contributed by atoms with van der Waals surface area (Å²) in [6, 6.07) is 3.71. The van der Waals surface area contributed by atoms with E-state index in [1.54, 1.807) is 6.92 Å². The normalized spacial score (nSPS) is 10.5. The third kappa shape index (κ3) is 5.99. The van der Waals surface area contributed by atoms with Gasteiger partial charge in [0.1, 0.15) is 11.6 Å². The molecule has 6 heteroatoms. The Hall–Kier alpha value is -1.82. The van der Waals surface area contributed by atoms with E-state index in [1.165, 1.54) is 18.2 Å². The van der Waals surface area contributed by atoms with Crippen molar-refractivity contribution < 1.29 is 13.9 Å². The summed E-state index contributed by atoms with van der Waals surface area (Å²) in [5.74, 6) is -0.0673. The molecular weight excluding hydrogens is 273 g/mol. The van der Waals surface area contributed by atoms with Crippen LogP contribution in [0.15, 0.2) is 18.2 Å². The number of halogens is 1. The van der Waals surface area contributed by atoms with Crippen molar-refractivity contribution in [1.82, 2.24) is 10.2 Å². The maximum Gasteiger partial charge on any atom is 0.319 e. The molecule has 2 amide bonds. The molecule has 0 aliphatic carbocycles. The summed E-state index contributed by atoms with van der Waals surface area (Å²) >= 11 is 0. The van der Waals surface area contributed by atoms with E-state index in [2.05, 4.69) is 29.4 Å². The first kappa shape index (κ1) is 17.2. The van der Waals surface area contributed by atoms with E-state index < -0.39 is 5.82 Å². The molecule has 0 saturated heterocycles. The van der Waals surface area contributed by atoms with Crippen molar-refractivity contribution in [3.8, 4) is 5.75 Å².